The number of carbonyl (C=O) groups excluding carboxylic acids is 1. The Morgan fingerprint density at radius 2 is 1.96 bits per heavy atom. The van der Waals surface area contributed by atoms with Crippen LogP contribution < -0.4 is 16.0 Å². The molecule has 0 aromatic heterocycles. The number of nitrogens with zero attached hydrogens (tertiary/aromatic N) is 1. The first-order valence-corrected chi connectivity index (χ1v) is 8.83. The molecule has 24 heavy (non-hydrogen) atoms. The van der Waals surface area contributed by atoms with Crippen LogP contribution in [0.25, 0.3) is 0 Å². The number of nitrogens with one attached hydrogen (secondary N) is 3. The van der Waals surface area contributed by atoms with Gasteiger partial charge in [0.05, 0.1) is 6.54 Å². The molecule has 3 N–H and O–H groups in total. The molecule has 0 spiro atoms. The van der Waals surface area contributed by atoms with Crippen LogP contribution in [0.15, 0.2) is 23.2 Å². The fourth-order valence-electron chi connectivity index (χ4n) is 2.27. The topological polar surface area (TPSA) is 65.5 Å². The Bertz CT molecular complexity index is 554. The van der Waals surface area contributed by atoms with Crippen molar-refractivity contribution in [1.29, 1.82) is 0 Å². The molecule has 5 heteroatoms. The monoisotopic (exact) mass is 332 g/mol. The van der Waals surface area contributed by atoms with E-state index in [-0.39, 0.29) is 11.9 Å². The maximum absolute atomic E-state index is 11.8. The highest BCUT2D eigenvalue weighted by atomic mass is 16.1. The Labute approximate surface area is 146 Å². The predicted molar refractivity (Wildman–Crippen MR) is 101 cm³/mol. The first-order valence-electron chi connectivity index (χ1n) is 8.83. The highest BCUT2D eigenvalue weighted by molar-refractivity contribution is 5.81. The summed E-state index contributed by atoms with van der Waals surface area (Å²) in [5, 5.41) is 9.41. The Morgan fingerprint density at radius 3 is 2.58 bits per heavy atom. The van der Waals surface area contributed by atoms with Gasteiger partial charge in [-0.15, -0.1) is 0 Å². The molecule has 0 aliphatic rings. The van der Waals surface area contributed by atoms with Crippen LogP contribution in [0.1, 0.15) is 50.3 Å². The maximum Gasteiger partial charge on any atom is 0.221 e. The first-order chi connectivity index (χ1) is 11.5. The molecule has 0 saturated carbocycles. The number of hydrogen-bond donors (Lipinski definition) is 3. The van der Waals surface area contributed by atoms with E-state index >= 15 is 0 Å². The smallest absolute Gasteiger partial charge is 0.221 e. The van der Waals surface area contributed by atoms with Crippen LogP contribution in [0.5, 0.6) is 0 Å². The highest BCUT2D eigenvalue weighted by Gasteiger charge is 2.06. The number of aryl methyl sites for hydroxylation is 2. The van der Waals surface area contributed by atoms with Gasteiger partial charge in [-0.1, -0.05) is 30.7 Å². The van der Waals surface area contributed by atoms with Gasteiger partial charge in [0.15, 0.2) is 5.96 Å². The molecular formula is C19H32N4O. The molecule has 0 fully saturated rings. The summed E-state index contributed by atoms with van der Waals surface area (Å²) < 4.78 is 0. The van der Waals surface area contributed by atoms with Crippen molar-refractivity contribution in [3.05, 3.63) is 34.9 Å². The first kappa shape index (κ1) is 20.0. The van der Waals surface area contributed by atoms with E-state index in [0.717, 1.165) is 18.9 Å². The summed E-state index contributed by atoms with van der Waals surface area (Å²) in [7, 11) is 0. The summed E-state index contributed by atoms with van der Waals surface area (Å²) in [5.74, 6) is 0.816. The Hall–Kier alpha value is -2.04. The number of benzene rings is 1. The lowest BCUT2D eigenvalue weighted by molar-refractivity contribution is -0.121. The second-order valence-electron chi connectivity index (χ2n) is 6.18. The molecule has 1 aromatic carbocycles. The molecule has 134 valence electrons. The van der Waals surface area contributed by atoms with Crippen LogP contribution >= 0.6 is 0 Å². The van der Waals surface area contributed by atoms with Gasteiger partial charge in [-0.3, -0.25) is 4.79 Å². The lowest BCUT2D eigenvalue weighted by Gasteiger charge is -2.14. The van der Waals surface area contributed by atoms with Crippen molar-refractivity contribution in [1.82, 2.24) is 16.0 Å². The van der Waals surface area contributed by atoms with E-state index < -0.39 is 0 Å². The van der Waals surface area contributed by atoms with E-state index in [1.54, 1.807) is 0 Å². The molecule has 1 rings (SSSR count). The number of guanidine groups is 1. The SMILES string of the molecule is CCNC(=NCc1ccc(C)cc1C)NCCC(=O)NC(C)CC. The largest absolute Gasteiger partial charge is 0.357 e. The van der Waals surface area contributed by atoms with Crippen molar-refractivity contribution in [3.8, 4) is 0 Å². The average Bonchev–Trinajstić information content (AvgIpc) is 2.53. The van der Waals surface area contributed by atoms with Crippen molar-refractivity contribution in [3.63, 3.8) is 0 Å². The van der Waals surface area contributed by atoms with Gasteiger partial charge in [-0.25, -0.2) is 4.99 Å². The molecule has 0 radical (unpaired) electrons. The van der Waals surface area contributed by atoms with Gasteiger partial charge >= 0.3 is 0 Å². The van der Waals surface area contributed by atoms with Crippen LogP contribution in [0.4, 0.5) is 0 Å². The predicted octanol–water partition coefficient (Wildman–Crippen LogP) is 2.66. The third kappa shape index (κ3) is 7.49. The molecule has 1 unspecified atom stereocenters. The second kappa shape index (κ2) is 10.7. The third-order valence-corrected chi connectivity index (χ3v) is 3.91. The number of hydrogen-bond acceptors (Lipinski definition) is 2. The van der Waals surface area contributed by atoms with E-state index in [0.29, 0.717) is 19.5 Å². The van der Waals surface area contributed by atoms with Gasteiger partial charge in [0.1, 0.15) is 0 Å². The fourth-order valence-corrected chi connectivity index (χ4v) is 2.27. The van der Waals surface area contributed by atoms with Crippen molar-refractivity contribution < 1.29 is 4.79 Å². The molecule has 0 aliphatic heterocycles. The van der Waals surface area contributed by atoms with E-state index in [9.17, 15) is 4.79 Å². The van der Waals surface area contributed by atoms with E-state index in [4.69, 9.17) is 0 Å². The zero-order valence-electron chi connectivity index (χ0n) is 15.7. The van der Waals surface area contributed by atoms with Crippen LogP contribution in [0, 0.1) is 13.8 Å². The molecule has 0 saturated heterocycles. The fraction of sp³-hybridized carbons (Fsp3) is 0.579. The van der Waals surface area contributed by atoms with Gasteiger partial charge in [0.25, 0.3) is 0 Å². The summed E-state index contributed by atoms with van der Waals surface area (Å²) in [6, 6.07) is 6.63. The molecule has 1 amide bonds. The van der Waals surface area contributed by atoms with Crippen LogP contribution in [0.2, 0.25) is 0 Å². The van der Waals surface area contributed by atoms with Gasteiger partial charge in [0.2, 0.25) is 5.91 Å². The minimum atomic E-state index is 0.0714. The van der Waals surface area contributed by atoms with Gasteiger partial charge in [0, 0.05) is 25.6 Å². The van der Waals surface area contributed by atoms with Gasteiger partial charge in [-0.2, -0.15) is 0 Å². The number of rotatable bonds is 8. The lowest BCUT2D eigenvalue weighted by atomic mass is 10.1. The van der Waals surface area contributed by atoms with Crippen molar-refractivity contribution in [2.75, 3.05) is 13.1 Å². The molecule has 5 nitrogen and oxygen atoms in total. The molecule has 0 bridgehead atoms. The van der Waals surface area contributed by atoms with E-state index in [1.165, 1.54) is 16.7 Å². The van der Waals surface area contributed by atoms with Crippen molar-refractivity contribution in [2.45, 2.75) is 60.0 Å². The van der Waals surface area contributed by atoms with Crippen molar-refractivity contribution in [2.24, 2.45) is 4.99 Å². The summed E-state index contributed by atoms with van der Waals surface area (Å²) in [4.78, 5) is 16.4. The van der Waals surface area contributed by atoms with Crippen molar-refractivity contribution >= 4 is 11.9 Å². The standard InChI is InChI=1S/C19H32N4O/c1-6-16(5)23-18(24)10-11-21-19(20-7-2)22-13-17-9-8-14(3)12-15(17)4/h8-9,12,16H,6-7,10-11,13H2,1-5H3,(H,23,24)(H2,20,21,22). The highest BCUT2D eigenvalue weighted by Crippen LogP contribution is 2.11. The van der Waals surface area contributed by atoms with Crippen LogP contribution in [-0.4, -0.2) is 31.0 Å². The second-order valence-corrected chi connectivity index (χ2v) is 6.18. The minimum absolute atomic E-state index is 0.0714. The summed E-state index contributed by atoms with van der Waals surface area (Å²) in [6.45, 7) is 12.3. The van der Waals surface area contributed by atoms with Crippen LogP contribution in [-0.2, 0) is 11.3 Å². The summed E-state index contributed by atoms with van der Waals surface area (Å²) in [5.41, 5.74) is 3.73. The lowest BCUT2D eigenvalue weighted by Crippen LogP contribution is -2.40. The Morgan fingerprint density at radius 1 is 1.21 bits per heavy atom. The zero-order valence-corrected chi connectivity index (χ0v) is 15.7. The average molecular weight is 332 g/mol. The minimum Gasteiger partial charge on any atom is -0.357 e. The van der Waals surface area contributed by atoms with Gasteiger partial charge < -0.3 is 16.0 Å². The molecule has 1 aromatic rings. The quantitative estimate of drug-likeness (QED) is 0.506. The Balaban J connectivity index is 2.52. The summed E-state index contributed by atoms with van der Waals surface area (Å²) >= 11 is 0. The molecule has 0 aliphatic carbocycles. The van der Waals surface area contributed by atoms with Crippen LogP contribution in [0.3, 0.4) is 0 Å². The molecule has 0 heterocycles. The van der Waals surface area contributed by atoms with E-state index in [1.807, 2.05) is 13.8 Å². The summed E-state index contributed by atoms with van der Waals surface area (Å²) in [6.07, 6.45) is 1.39. The maximum atomic E-state index is 11.8. The van der Waals surface area contributed by atoms with E-state index in [2.05, 4.69) is 59.9 Å². The normalized spacial score (nSPS) is 12.6. The third-order valence-electron chi connectivity index (χ3n) is 3.91. The molecular weight excluding hydrogens is 300 g/mol. The van der Waals surface area contributed by atoms with Gasteiger partial charge in [-0.05, 0) is 45.2 Å². The Kier molecular flexibility index (Phi) is 8.90. The number of carbonyl (C=O) groups is 1. The number of aliphatic imine (C=N–C) groups is 1. The zero-order chi connectivity index (χ0) is 17.9. The number of amides is 1. The molecule has 1 atom stereocenters.